The molecule has 2 unspecified atom stereocenters. The minimum atomic E-state index is 0.902. The van der Waals surface area contributed by atoms with E-state index in [9.17, 15) is 0 Å². The maximum absolute atomic E-state index is 2.86. The van der Waals surface area contributed by atoms with Crippen LogP contribution >= 0.6 is 0 Å². The average molecular weight is 408 g/mol. The average Bonchev–Trinajstić information content (AvgIpc) is 2.72. The molecule has 0 fully saturated rings. The molecule has 0 nitrogen and oxygen atoms in total. The van der Waals surface area contributed by atoms with Crippen molar-refractivity contribution in [3.63, 3.8) is 0 Å². The molecular weight excluding hydrogens is 348 g/mol. The highest BCUT2D eigenvalue weighted by Gasteiger charge is 2.16. The van der Waals surface area contributed by atoms with E-state index in [1.807, 2.05) is 0 Å². The van der Waals surface area contributed by atoms with E-state index in [4.69, 9.17) is 0 Å². The Hall–Kier alpha value is 0. The summed E-state index contributed by atoms with van der Waals surface area (Å²) in [6.45, 7) is 9.33. The second-order valence-electron chi connectivity index (χ2n) is 9.82. The van der Waals surface area contributed by atoms with Crippen molar-refractivity contribution in [3.8, 4) is 0 Å². The number of hydrogen-bond donors (Lipinski definition) is 0. The lowest BCUT2D eigenvalue weighted by Crippen LogP contribution is -2.11. The van der Waals surface area contributed by atoms with Gasteiger partial charge in [0.2, 0.25) is 0 Å². The molecule has 29 heavy (non-hydrogen) atoms. The van der Waals surface area contributed by atoms with Gasteiger partial charge in [-0.25, -0.2) is 0 Å². The number of hydrogen-bond acceptors (Lipinski definition) is 0. The minimum Gasteiger partial charge on any atom is -0.0654 e. The summed E-state index contributed by atoms with van der Waals surface area (Å²) in [7, 11) is 0. The molecule has 175 valence electrons. The third kappa shape index (κ3) is 21.0. The Morgan fingerprint density at radius 2 is 0.586 bits per heavy atom. The van der Waals surface area contributed by atoms with Gasteiger partial charge in [0.25, 0.3) is 0 Å². The second-order valence-corrected chi connectivity index (χ2v) is 9.82. The molecule has 0 N–H and O–H groups in total. The third-order valence-corrected chi connectivity index (χ3v) is 6.76. The fourth-order valence-corrected chi connectivity index (χ4v) is 4.75. The highest BCUT2D eigenvalue weighted by atomic mass is 14.2. The summed E-state index contributed by atoms with van der Waals surface area (Å²) in [5.74, 6) is 1.80. The summed E-state index contributed by atoms with van der Waals surface area (Å²) in [5.41, 5.74) is 0. The normalized spacial score (nSPS) is 13.7. The minimum absolute atomic E-state index is 0.902. The Morgan fingerprint density at radius 3 is 0.931 bits per heavy atom. The fourth-order valence-electron chi connectivity index (χ4n) is 4.75. The van der Waals surface area contributed by atoms with Crippen molar-refractivity contribution in [3.05, 3.63) is 6.42 Å². The maximum atomic E-state index is 2.86. The van der Waals surface area contributed by atoms with Gasteiger partial charge in [-0.3, -0.25) is 0 Å². The van der Waals surface area contributed by atoms with Crippen LogP contribution in [0.15, 0.2) is 0 Å². The monoisotopic (exact) mass is 407 g/mol. The Bertz CT molecular complexity index is 254. The van der Waals surface area contributed by atoms with Gasteiger partial charge in [-0.1, -0.05) is 169 Å². The molecule has 0 aliphatic heterocycles. The second kappa shape index (κ2) is 24.3. The Kier molecular flexibility index (Phi) is 24.3. The lowest BCUT2D eigenvalue weighted by atomic mass is 9.82. The molecule has 0 aliphatic rings. The molecular formula is C29H59. The van der Waals surface area contributed by atoms with Crippen molar-refractivity contribution >= 4 is 0 Å². The molecule has 0 heterocycles. The first-order valence-corrected chi connectivity index (χ1v) is 14.1. The van der Waals surface area contributed by atoms with Crippen LogP contribution in [0.3, 0.4) is 0 Å². The first-order chi connectivity index (χ1) is 14.3. The van der Waals surface area contributed by atoms with Gasteiger partial charge in [0, 0.05) is 0 Å². The fraction of sp³-hybridized carbons (Fsp3) is 0.966. The molecule has 0 saturated heterocycles. The van der Waals surface area contributed by atoms with Crippen LogP contribution in [0, 0.1) is 18.3 Å². The largest absolute Gasteiger partial charge is 0.0654 e. The summed E-state index contributed by atoms with van der Waals surface area (Å²) in [6, 6.07) is 0. The molecule has 0 aromatic carbocycles. The molecule has 0 heteroatoms. The topological polar surface area (TPSA) is 0 Å². The SMILES string of the molecule is CCCCCCCCC([CH]C(CCCCC)CCCCCCCC)CCCCC. The van der Waals surface area contributed by atoms with Gasteiger partial charge >= 0.3 is 0 Å². The van der Waals surface area contributed by atoms with Gasteiger partial charge in [-0.15, -0.1) is 0 Å². The molecule has 2 atom stereocenters. The van der Waals surface area contributed by atoms with Crippen molar-refractivity contribution in [1.29, 1.82) is 0 Å². The van der Waals surface area contributed by atoms with Gasteiger partial charge in [0.05, 0.1) is 0 Å². The van der Waals surface area contributed by atoms with E-state index in [0.29, 0.717) is 0 Å². The van der Waals surface area contributed by atoms with Crippen molar-refractivity contribution in [2.75, 3.05) is 0 Å². The highest BCUT2D eigenvalue weighted by Crippen LogP contribution is 2.30. The molecule has 0 bridgehead atoms. The predicted molar refractivity (Wildman–Crippen MR) is 136 cm³/mol. The van der Waals surface area contributed by atoms with Gasteiger partial charge in [0.1, 0.15) is 0 Å². The Labute approximate surface area is 187 Å². The van der Waals surface area contributed by atoms with E-state index in [1.54, 1.807) is 0 Å². The summed E-state index contributed by atoms with van der Waals surface area (Å²) in [6.07, 6.45) is 34.5. The van der Waals surface area contributed by atoms with Crippen LogP contribution in [0.1, 0.15) is 169 Å². The zero-order valence-corrected chi connectivity index (χ0v) is 21.3. The molecule has 0 rings (SSSR count). The van der Waals surface area contributed by atoms with Crippen LogP contribution in [-0.4, -0.2) is 0 Å². The summed E-state index contributed by atoms with van der Waals surface area (Å²) >= 11 is 0. The molecule has 0 aromatic heterocycles. The predicted octanol–water partition coefficient (Wildman–Crippen LogP) is 11.1. The molecule has 0 amide bonds. The van der Waals surface area contributed by atoms with Gasteiger partial charge in [-0.2, -0.15) is 0 Å². The Balaban J connectivity index is 4.36. The van der Waals surface area contributed by atoms with Gasteiger partial charge < -0.3 is 0 Å². The molecule has 0 saturated carbocycles. The smallest absolute Gasteiger partial charge is 0.0324 e. The van der Waals surface area contributed by atoms with E-state index in [2.05, 4.69) is 34.1 Å². The zero-order chi connectivity index (χ0) is 21.4. The lowest BCUT2D eigenvalue weighted by Gasteiger charge is -2.24. The lowest BCUT2D eigenvalue weighted by molar-refractivity contribution is 0.366. The summed E-state index contributed by atoms with van der Waals surface area (Å²) in [5, 5.41) is 0. The van der Waals surface area contributed by atoms with E-state index >= 15 is 0 Å². The van der Waals surface area contributed by atoms with Crippen LogP contribution in [0.25, 0.3) is 0 Å². The molecule has 0 spiro atoms. The summed E-state index contributed by atoms with van der Waals surface area (Å²) < 4.78 is 0. The number of unbranched alkanes of at least 4 members (excludes halogenated alkanes) is 14. The van der Waals surface area contributed by atoms with Crippen LogP contribution in [0.5, 0.6) is 0 Å². The van der Waals surface area contributed by atoms with Crippen LogP contribution < -0.4 is 0 Å². The van der Waals surface area contributed by atoms with E-state index in [-0.39, 0.29) is 0 Å². The third-order valence-electron chi connectivity index (χ3n) is 6.76. The van der Waals surface area contributed by atoms with E-state index in [1.165, 1.54) is 141 Å². The molecule has 1 radical (unpaired) electrons. The van der Waals surface area contributed by atoms with Crippen LogP contribution in [-0.2, 0) is 0 Å². The van der Waals surface area contributed by atoms with Crippen LogP contribution in [0.2, 0.25) is 0 Å². The van der Waals surface area contributed by atoms with E-state index < -0.39 is 0 Å². The van der Waals surface area contributed by atoms with Gasteiger partial charge in [-0.05, 0) is 18.3 Å². The first-order valence-electron chi connectivity index (χ1n) is 14.1. The van der Waals surface area contributed by atoms with Crippen LogP contribution in [0.4, 0.5) is 0 Å². The molecule has 0 aromatic rings. The first kappa shape index (κ1) is 29.0. The summed E-state index contributed by atoms with van der Waals surface area (Å²) in [4.78, 5) is 0. The number of rotatable bonds is 24. The quantitative estimate of drug-likeness (QED) is 0.139. The van der Waals surface area contributed by atoms with E-state index in [0.717, 1.165) is 11.8 Å². The molecule has 0 aliphatic carbocycles. The van der Waals surface area contributed by atoms with Crippen molar-refractivity contribution in [1.82, 2.24) is 0 Å². The van der Waals surface area contributed by atoms with Crippen molar-refractivity contribution in [2.45, 2.75) is 169 Å². The maximum Gasteiger partial charge on any atom is -0.0324 e. The standard InChI is InChI=1S/C29H59/c1-5-9-13-15-17-21-25-28(23-19-11-7-3)27-29(24-20-12-8-4)26-22-18-16-14-10-6-2/h27-29H,5-26H2,1-4H3. The van der Waals surface area contributed by atoms with Crippen molar-refractivity contribution < 1.29 is 0 Å². The van der Waals surface area contributed by atoms with Crippen molar-refractivity contribution in [2.24, 2.45) is 11.8 Å². The van der Waals surface area contributed by atoms with Gasteiger partial charge in [0.15, 0.2) is 0 Å². The zero-order valence-electron chi connectivity index (χ0n) is 21.3. The highest BCUT2D eigenvalue weighted by molar-refractivity contribution is 4.84. The Morgan fingerprint density at radius 1 is 0.345 bits per heavy atom.